The fourth-order valence-electron chi connectivity index (χ4n) is 0.632. The zero-order valence-electron chi connectivity index (χ0n) is 5.27. The fraction of sp³-hybridized carbons (Fsp3) is 0. The first-order valence-corrected chi connectivity index (χ1v) is 3.92. The lowest BCUT2D eigenvalue weighted by Crippen LogP contribution is -1.85. The van der Waals surface area contributed by atoms with E-state index in [1.54, 1.807) is 0 Å². The molecule has 0 atom stereocenters. The predicted octanol–water partition coefficient (Wildman–Crippen LogP) is 3.05. The number of carbonyl (C=O) groups excluding carboxylic acids is 1. The summed E-state index contributed by atoms with van der Waals surface area (Å²) in [5.41, 5.74) is 0.278. The van der Waals surface area contributed by atoms with Gasteiger partial charge in [-0.1, -0.05) is 11.6 Å². The summed E-state index contributed by atoms with van der Waals surface area (Å²) in [6, 6.07) is 2.51. The molecule has 11 heavy (non-hydrogen) atoms. The maximum Gasteiger partial charge on any atom is 0.151 e. The molecule has 1 aromatic rings. The molecule has 0 aliphatic heterocycles. The molecule has 0 saturated carbocycles. The van der Waals surface area contributed by atoms with Crippen LogP contribution in [-0.2, 0) is 0 Å². The Bertz CT molecular complexity index is 301. The van der Waals surface area contributed by atoms with Crippen molar-refractivity contribution in [2.75, 3.05) is 0 Å². The molecule has 0 amide bonds. The van der Waals surface area contributed by atoms with Crippen LogP contribution in [0, 0.1) is 5.82 Å². The van der Waals surface area contributed by atoms with Crippen molar-refractivity contribution < 1.29 is 9.18 Å². The highest BCUT2D eigenvalue weighted by molar-refractivity contribution is 9.10. The second-order valence-electron chi connectivity index (χ2n) is 1.88. The van der Waals surface area contributed by atoms with Crippen LogP contribution >= 0.6 is 27.5 Å². The lowest BCUT2D eigenvalue weighted by molar-refractivity contribution is 0.112. The van der Waals surface area contributed by atoms with Gasteiger partial charge in [-0.15, -0.1) is 0 Å². The van der Waals surface area contributed by atoms with Crippen LogP contribution < -0.4 is 0 Å². The van der Waals surface area contributed by atoms with Gasteiger partial charge in [-0.05, 0) is 28.1 Å². The Morgan fingerprint density at radius 1 is 1.55 bits per heavy atom. The molecule has 0 aliphatic carbocycles. The van der Waals surface area contributed by atoms with Crippen molar-refractivity contribution in [1.82, 2.24) is 0 Å². The molecule has 4 heteroatoms. The second-order valence-corrected chi connectivity index (χ2v) is 3.05. The minimum absolute atomic E-state index is 0.111. The average Bonchev–Trinajstić information content (AvgIpc) is 2.01. The highest BCUT2D eigenvalue weighted by Crippen LogP contribution is 2.27. The quantitative estimate of drug-likeness (QED) is 0.542. The summed E-state index contributed by atoms with van der Waals surface area (Å²) in [4.78, 5) is 10.3. The van der Waals surface area contributed by atoms with Crippen LogP contribution in [0.2, 0.25) is 5.02 Å². The van der Waals surface area contributed by atoms with Crippen LogP contribution in [0.3, 0.4) is 0 Å². The second kappa shape index (κ2) is 3.32. The number of rotatable bonds is 1. The summed E-state index contributed by atoms with van der Waals surface area (Å²) in [5, 5.41) is 0.111. The smallest absolute Gasteiger partial charge is 0.151 e. The monoisotopic (exact) mass is 236 g/mol. The van der Waals surface area contributed by atoms with Gasteiger partial charge >= 0.3 is 0 Å². The first-order chi connectivity index (χ1) is 5.16. The minimum atomic E-state index is -0.472. The highest BCUT2D eigenvalue weighted by Gasteiger charge is 2.07. The molecule has 58 valence electrons. The van der Waals surface area contributed by atoms with E-state index in [1.165, 1.54) is 12.1 Å². The van der Waals surface area contributed by atoms with Crippen LogP contribution in [0.15, 0.2) is 16.6 Å². The number of hydrogen-bond donors (Lipinski definition) is 0. The third kappa shape index (κ3) is 1.60. The summed E-state index contributed by atoms with van der Waals surface area (Å²) in [6.45, 7) is 0. The van der Waals surface area contributed by atoms with E-state index in [2.05, 4.69) is 15.9 Å². The van der Waals surface area contributed by atoms with Crippen molar-refractivity contribution in [3.63, 3.8) is 0 Å². The van der Waals surface area contributed by atoms with Crippen LogP contribution in [0.1, 0.15) is 10.4 Å². The molecular weight excluding hydrogens is 234 g/mol. The van der Waals surface area contributed by atoms with E-state index in [9.17, 15) is 9.18 Å². The van der Waals surface area contributed by atoms with Crippen molar-refractivity contribution in [2.24, 2.45) is 0 Å². The van der Waals surface area contributed by atoms with E-state index in [4.69, 9.17) is 11.6 Å². The number of benzene rings is 1. The van der Waals surface area contributed by atoms with Crippen molar-refractivity contribution in [3.8, 4) is 0 Å². The van der Waals surface area contributed by atoms with Crippen LogP contribution in [0.5, 0.6) is 0 Å². The molecule has 1 aromatic carbocycles. The Kier molecular flexibility index (Phi) is 2.62. The van der Waals surface area contributed by atoms with Gasteiger partial charge < -0.3 is 0 Å². The number of hydrogen-bond acceptors (Lipinski definition) is 1. The third-order valence-electron chi connectivity index (χ3n) is 1.19. The number of halogens is 3. The van der Waals surface area contributed by atoms with Gasteiger partial charge in [-0.2, -0.15) is 0 Å². The molecule has 0 spiro atoms. The van der Waals surface area contributed by atoms with Crippen LogP contribution in [-0.4, -0.2) is 6.29 Å². The third-order valence-corrected chi connectivity index (χ3v) is 2.60. The Morgan fingerprint density at radius 2 is 2.18 bits per heavy atom. The molecule has 0 unspecified atom stereocenters. The number of carbonyl (C=O) groups is 1. The first kappa shape index (κ1) is 8.68. The van der Waals surface area contributed by atoms with Gasteiger partial charge in [0.05, 0.1) is 9.50 Å². The average molecular weight is 237 g/mol. The molecule has 0 aliphatic rings. The standard InChI is InChI=1S/C7H3BrClFO/c8-6-5(10)2-1-4(3-11)7(6)9/h1-3H. The van der Waals surface area contributed by atoms with E-state index >= 15 is 0 Å². The van der Waals surface area contributed by atoms with Gasteiger partial charge in [0, 0.05) is 5.56 Å². The summed E-state index contributed by atoms with van der Waals surface area (Å²) >= 11 is 8.49. The van der Waals surface area contributed by atoms with Crippen molar-refractivity contribution >= 4 is 33.8 Å². The molecule has 0 aromatic heterocycles. The van der Waals surface area contributed by atoms with Crippen LogP contribution in [0.4, 0.5) is 4.39 Å². The molecule has 0 fully saturated rings. The van der Waals surface area contributed by atoms with Gasteiger partial charge in [-0.25, -0.2) is 4.39 Å². The van der Waals surface area contributed by atoms with Crippen molar-refractivity contribution in [2.45, 2.75) is 0 Å². The zero-order valence-corrected chi connectivity index (χ0v) is 7.62. The summed E-state index contributed by atoms with van der Waals surface area (Å²) < 4.78 is 12.8. The van der Waals surface area contributed by atoms with Gasteiger partial charge in [0.25, 0.3) is 0 Å². The Balaban J connectivity index is 3.36. The summed E-state index contributed by atoms with van der Waals surface area (Å²) in [7, 11) is 0. The first-order valence-electron chi connectivity index (χ1n) is 2.75. The van der Waals surface area contributed by atoms with Crippen molar-refractivity contribution in [1.29, 1.82) is 0 Å². The van der Waals surface area contributed by atoms with E-state index in [0.717, 1.165) is 0 Å². The normalized spacial score (nSPS) is 9.73. The fourth-order valence-corrected chi connectivity index (χ4v) is 1.19. The SMILES string of the molecule is O=Cc1ccc(F)c(Br)c1Cl. The minimum Gasteiger partial charge on any atom is -0.298 e. The predicted molar refractivity (Wildman–Crippen MR) is 44.5 cm³/mol. The molecule has 0 saturated heterocycles. The molecule has 0 N–H and O–H groups in total. The Labute approximate surface area is 76.3 Å². The Morgan fingerprint density at radius 3 is 2.73 bits per heavy atom. The summed E-state index contributed by atoms with van der Waals surface area (Å²) in [5.74, 6) is -0.472. The molecule has 0 bridgehead atoms. The molecule has 0 heterocycles. The highest BCUT2D eigenvalue weighted by atomic mass is 79.9. The van der Waals surface area contributed by atoms with Gasteiger partial charge in [-0.3, -0.25) is 4.79 Å². The molecular formula is C7H3BrClFO. The van der Waals surface area contributed by atoms with Crippen LogP contribution in [0.25, 0.3) is 0 Å². The van der Waals surface area contributed by atoms with Crippen molar-refractivity contribution in [3.05, 3.63) is 33.0 Å². The molecule has 1 rings (SSSR count). The van der Waals surface area contributed by atoms with Gasteiger partial charge in [0.15, 0.2) is 6.29 Å². The zero-order chi connectivity index (χ0) is 8.43. The van der Waals surface area contributed by atoms with Gasteiger partial charge in [0.2, 0.25) is 0 Å². The van der Waals surface area contributed by atoms with E-state index < -0.39 is 5.82 Å². The van der Waals surface area contributed by atoms with E-state index in [0.29, 0.717) is 6.29 Å². The maximum absolute atomic E-state index is 12.6. The lowest BCUT2D eigenvalue weighted by atomic mass is 10.2. The van der Waals surface area contributed by atoms with E-state index in [1.807, 2.05) is 0 Å². The Hall–Kier alpha value is -0.410. The van der Waals surface area contributed by atoms with Gasteiger partial charge in [0.1, 0.15) is 5.82 Å². The summed E-state index contributed by atoms with van der Waals surface area (Å²) in [6.07, 6.45) is 0.576. The molecule has 1 nitrogen and oxygen atoms in total. The number of aldehydes is 1. The maximum atomic E-state index is 12.6. The van der Waals surface area contributed by atoms with E-state index in [-0.39, 0.29) is 15.1 Å². The largest absolute Gasteiger partial charge is 0.298 e. The topological polar surface area (TPSA) is 17.1 Å². The lowest BCUT2D eigenvalue weighted by Gasteiger charge is -1.98. The molecule has 0 radical (unpaired) electrons.